The third-order valence-electron chi connectivity index (χ3n) is 3.65. The van der Waals surface area contributed by atoms with Crippen LogP contribution in [0.5, 0.6) is 0 Å². The van der Waals surface area contributed by atoms with Crippen LogP contribution in [0.2, 0.25) is 0 Å². The maximum atomic E-state index is 12.5. The summed E-state index contributed by atoms with van der Waals surface area (Å²) in [7, 11) is -1.92. The largest absolute Gasteiger partial charge is 0.416 e. The summed E-state index contributed by atoms with van der Waals surface area (Å²) in [6.45, 7) is 0.833. The average molecular weight is 372 g/mol. The average Bonchev–Trinajstić information content (AvgIpc) is 2.58. The molecule has 8 heteroatoms. The lowest BCUT2D eigenvalue weighted by Gasteiger charge is -2.19. The van der Waals surface area contributed by atoms with Crippen LogP contribution in [0, 0.1) is 0 Å². The molecule has 4 nitrogen and oxygen atoms in total. The van der Waals surface area contributed by atoms with Crippen molar-refractivity contribution in [3.05, 3.63) is 60.2 Å². The second-order valence-corrected chi connectivity index (χ2v) is 7.30. The highest BCUT2D eigenvalue weighted by Crippen LogP contribution is 2.29. The Bertz CT molecular complexity index is 776. The van der Waals surface area contributed by atoms with Crippen LogP contribution < -0.4 is 9.62 Å². The highest BCUT2D eigenvalue weighted by atomic mass is 32.2. The Kier molecular flexibility index (Phi) is 6.07. The molecule has 0 atom stereocenters. The number of benzene rings is 2. The summed E-state index contributed by atoms with van der Waals surface area (Å²) in [4.78, 5) is 1.81. The number of anilines is 1. The summed E-state index contributed by atoms with van der Waals surface area (Å²) in [6.07, 6.45) is -3.93. The summed E-state index contributed by atoms with van der Waals surface area (Å²) in [5.41, 5.74) is 0.143. The Balaban J connectivity index is 1.87. The predicted molar refractivity (Wildman–Crippen MR) is 91.0 cm³/mol. The molecule has 136 valence electrons. The van der Waals surface area contributed by atoms with Crippen molar-refractivity contribution in [2.45, 2.75) is 17.5 Å². The molecule has 25 heavy (non-hydrogen) atoms. The molecule has 2 rings (SSSR count). The van der Waals surface area contributed by atoms with Gasteiger partial charge in [0.2, 0.25) is 10.0 Å². The van der Waals surface area contributed by atoms with Crippen molar-refractivity contribution in [2.24, 2.45) is 0 Å². The van der Waals surface area contributed by atoms with Crippen molar-refractivity contribution >= 4 is 15.7 Å². The fourth-order valence-electron chi connectivity index (χ4n) is 2.24. The molecule has 0 radical (unpaired) electrons. The summed E-state index contributed by atoms with van der Waals surface area (Å²) in [6, 6.07) is 13.1. The molecule has 2 aromatic carbocycles. The molecular formula is C17H19F3N2O2S. The van der Waals surface area contributed by atoms with E-state index < -0.39 is 21.8 Å². The molecule has 0 saturated heterocycles. The number of hydrogen-bond donors (Lipinski definition) is 1. The Hall–Kier alpha value is -2.06. The van der Waals surface area contributed by atoms with Gasteiger partial charge in [-0.25, -0.2) is 13.1 Å². The Labute approximate surface area is 145 Å². The van der Waals surface area contributed by atoms with Crippen LogP contribution in [-0.4, -0.2) is 28.6 Å². The highest BCUT2D eigenvalue weighted by Gasteiger charge is 2.30. The minimum atomic E-state index is -4.49. The zero-order chi connectivity index (χ0) is 18.5. The number of sulfonamides is 1. The van der Waals surface area contributed by atoms with Gasteiger partial charge in [0.15, 0.2) is 0 Å². The number of nitrogens with one attached hydrogen (secondary N) is 1. The van der Waals surface area contributed by atoms with Gasteiger partial charge in [0.25, 0.3) is 0 Å². The third-order valence-corrected chi connectivity index (χ3v) is 5.13. The smallest absolute Gasteiger partial charge is 0.375 e. The van der Waals surface area contributed by atoms with Crippen LogP contribution in [0.25, 0.3) is 0 Å². The summed E-state index contributed by atoms with van der Waals surface area (Å²) >= 11 is 0. The first kappa shape index (κ1) is 19.3. The maximum Gasteiger partial charge on any atom is 0.416 e. The van der Waals surface area contributed by atoms with Gasteiger partial charge in [-0.05, 0) is 42.8 Å². The van der Waals surface area contributed by atoms with E-state index in [1.165, 1.54) is 0 Å². The summed E-state index contributed by atoms with van der Waals surface area (Å²) < 4.78 is 64.1. The molecule has 0 aliphatic heterocycles. The zero-order valence-corrected chi connectivity index (χ0v) is 14.4. The van der Waals surface area contributed by atoms with Gasteiger partial charge < -0.3 is 4.90 Å². The van der Waals surface area contributed by atoms with Gasteiger partial charge >= 0.3 is 6.18 Å². The van der Waals surface area contributed by atoms with Crippen molar-refractivity contribution in [3.8, 4) is 0 Å². The third kappa shape index (κ3) is 5.47. The standard InChI is InChI=1S/C17H19F3N2O2S/c1-22(15-6-3-2-4-7-15)13-5-12-21-25(23,24)16-10-8-14(9-11-16)17(18,19)20/h2-4,6-11,21H,5,12-13H2,1H3. The number of rotatable bonds is 7. The molecule has 0 saturated carbocycles. The molecule has 1 N–H and O–H groups in total. The van der Waals surface area contributed by atoms with E-state index >= 15 is 0 Å². The minimum Gasteiger partial charge on any atom is -0.375 e. The van der Waals surface area contributed by atoms with Gasteiger partial charge in [-0.3, -0.25) is 0 Å². The van der Waals surface area contributed by atoms with Crippen molar-refractivity contribution in [1.29, 1.82) is 0 Å². The number of alkyl halides is 3. The molecule has 0 spiro atoms. The van der Waals surface area contributed by atoms with Gasteiger partial charge in [-0.1, -0.05) is 18.2 Å². The normalized spacial score (nSPS) is 12.2. The second-order valence-electron chi connectivity index (χ2n) is 5.53. The van der Waals surface area contributed by atoms with E-state index in [0.717, 1.165) is 30.0 Å². The van der Waals surface area contributed by atoms with Crippen LogP contribution in [0.3, 0.4) is 0 Å². The quantitative estimate of drug-likeness (QED) is 0.757. The Morgan fingerprint density at radius 3 is 2.16 bits per heavy atom. The van der Waals surface area contributed by atoms with E-state index in [4.69, 9.17) is 0 Å². The van der Waals surface area contributed by atoms with Crippen molar-refractivity contribution < 1.29 is 21.6 Å². The zero-order valence-electron chi connectivity index (χ0n) is 13.6. The monoisotopic (exact) mass is 372 g/mol. The summed E-state index contributed by atoms with van der Waals surface area (Å²) in [5.74, 6) is 0. The molecule has 2 aromatic rings. The number of para-hydroxylation sites is 1. The molecule has 0 aromatic heterocycles. The first-order chi connectivity index (χ1) is 11.7. The molecule has 0 heterocycles. The maximum absolute atomic E-state index is 12.5. The lowest BCUT2D eigenvalue weighted by atomic mass is 10.2. The molecule has 0 amide bonds. The minimum absolute atomic E-state index is 0.183. The van der Waals surface area contributed by atoms with Gasteiger partial charge in [-0.2, -0.15) is 13.2 Å². The molecule has 0 aliphatic rings. The first-order valence-corrected chi connectivity index (χ1v) is 9.11. The number of nitrogens with zero attached hydrogens (tertiary/aromatic N) is 1. The van der Waals surface area contributed by atoms with Crippen molar-refractivity contribution in [2.75, 3.05) is 25.0 Å². The number of halogens is 3. The van der Waals surface area contributed by atoms with E-state index in [2.05, 4.69) is 4.72 Å². The van der Waals surface area contributed by atoms with Gasteiger partial charge in [0.1, 0.15) is 0 Å². The lowest BCUT2D eigenvalue weighted by molar-refractivity contribution is -0.137. The fraction of sp³-hybridized carbons (Fsp3) is 0.294. The second kappa shape index (κ2) is 7.88. The molecule has 0 fully saturated rings. The molecule has 0 bridgehead atoms. The van der Waals surface area contributed by atoms with Crippen LogP contribution in [-0.2, 0) is 16.2 Å². The highest BCUT2D eigenvalue weighted by molar-refractivity contribution is 7.89. The van der Waals surface area contributed by atoms with Crippen molar-refractivity contribution in [1.82, 2.24) is 4.72 Å². The van der Waals surface area contributed by atoms with E-state index in [1.54, 1.807) is 0 Å². The van der Waals surface area contributed by atoms with Crippen molar-refractivity contribution in [3.63, 3.8) is 0 Å². The van der Waals surface area contributed by atoms with Crippen LogP contribution in [0.4, 0.5) is 18.9 Å². The topological polar surface area (TPSA) is 49.4 Å². The lowest BCUT2D eigenvalue weighted by Crippen LogP contribution is -2.28. The Morgan fingerprint density at radius 1 is 1.00 bits per heavy atom. The summed E-state index contributed by atoms with van der Waals surface area (Å²) in [5, 5.41) is 0. The van der Waals surface area contributed by atoms with Gasteiger partial charge in [0, 0.05) is 25.8 Å². The van der Waals surface area contributed by atoms with E-state index in [9.17, 15) is 21.6 Å². The molecule has 0 aliphatic carbocycles. The SMILES string of the molecule is CN(CCCNS(=O)(=O)c1ccc(C(F)(F)F)cc1)c1ccccc1. The van der Waals surface area contributed by atoms with Gasteiger partial charge in [-0.15, -0.1) is 0 Å². The van der Waals surface area contributed by atoms with E-state index in [-0.39, 0.29) is 11.4 Å². The van der Waals surface area contributed by atoms with Crippen LogP contribution in [0.15, 0.2) is 59.5 Å². The Morgan fingerprint density at radius 2 is 1.60 bits per heavy atom. The predicted octanol–water partition coefficient (Wildman–Crippen LogP) is 3.51. The van der Waals surface area contributed by atoms with E-state index in [1.807, 2.05) is 42.3 Å². The first-order valence-electron chi connectivity index (χ1n) is 7.63. The fourth-order valence-corrected chi connectivity index (χ4v) is 3.31. The van der Waals surface area contributed by atoms with E-state index in [0.29, 0.717) is 13.0 Å². The molecule has 0 unspecified atom stereocenters. The van der Waals surface area contributed by atoms with Gasteiger partial charge in [0.05, 0.1) is 10.5 Å². The van der Waals surface area contributed by atoms with Crippen LogP contribution in [0.1, 0.15) is 12.0 Å². The number of hydrogen-bond acceptors (Lipinski definition) is 3. The van der Waals surface area contributed by atoms with Crippen LogP contribution >= 0.6 is 0 Å². The molecular weight excluding hydrogens is 353 g/mol.